The Balaban J connectivity index is 1.16. The van der Waals surface area contributed by atoms with Crippen LogP contribution in [0.15, 0.2) is 0 Å². The quantitative estimate of drug-likeness (QED) is 0.0331. The van der Waals surface area contributed by atoms with E-state index in [2.05, 4.69) is 26.6 Å². The van der Waals surface area contributed by atoms with Crippen molar-refractivity contribution in [2.24, 2.45) is 0 Å². The molecule has 9 rings (SSSR count). The van der Waals surface area contributed by atoms with E-state index < -0.39 is 358 Å². The number of hydrogen-bond donors (Lipinski definition) is 28. The first-order chi connectivity index (χ1) is 53.8. The second kappa shape index (κ2) is 40.9. The molecule has 28 N–H and O–H groups in total. The van der Waals surface area contributed by atoms with Crippen molar-refractivity contribution in [3.8, 4) is 0 Å². The lowest BCUT2D eigenvalue weighted by Gasteiger charge is -2.52. The third kappa shape index (κ3) is 21.0. The Morgan fingerprint density at radius 1 is 0.246 bits per heavy atom. The molecule has 0 aliphatic carbocycles. The van der Waals surface area contributed by atoms with Crippen molar-refractivity contribution in [1.82, 2.24) is 26.6 Å². The smallest absolute Gasteiger partial charge is 0.217 e. The van der Waals surface area contributed by atoms with E-state index in [0.717, 1.165) is 34.6 Å². The van der Waals surface area contributed by atoms with Crippen LogP contribution < -0.4 is 26.6 Å². The fourth-order valence-corrected chi connectivity index (χ4v) is 14.7. The fourth-order valence-electron chi connectivity index (χ4n) is 14.7. The molecule has 658 valence electrons. The molecule has 0 aromatic rings. The molecule has 0 spiro atoms. The summed E-state index contributed by atoms with van der Waals surface area (Å²) in [5.41, 5.74) is 0. The summed E-state index contributed by atoms with van der Waals surface area (Å²) in [6.07, 6.45) is -83.8. The second-order valence-electron chi connectivity index (χ2n) is 28.9. The fraction of sp³-hybridized carbons (Fsp3) is 0.922. The van der Waals surface area contributed by atoms with Gasteiger partial charge in [0.1, 0.15) is 213 Å². The van der Waals surface area contributed by atoms with Crippen LogP contribution in [0.5, 0.6) is 0 Å². The lowest BCUT2D eigenvalue weighted by Crippen LogP contribution is -2.71. The Kier molecular flexibility index (Phi) is 33.6. The summed E-state index contributed by atoms with van der Waals surface area (Å²) in [7, 11) is 0. The highest BCUT2D eigenvalue weighted by Gasteiger charge is 2.61. The molecule has 5 amide bonds. The zero-order valence-corrected chi connectivity index (χ0v) is 61.9. The molecule has 1 unspecified atom stereocenters. The van der Waals surface area contributed by atoms with E-state index in [1.165, 1.54) is 6.92 Å². The van der Waals surface area contributed by atoms with Gasteiger partial charge in [-0.25, -0.2) is 0 Å². The topological polar surface area (TPSA) is 768 Å². The number of aliphatic hydroxyl groups excluding tert-OH is 23. The van der Waals surface area contributed by atoms with Gasteiger partial charge in [0.25, 0.3) is 0 Å². The molecular weight excluding hydrogens is 1560 g/mol. The molecule has 9 aliphatic heterocycles. The predicted octanol–water partition coefficient (Wildman–Crippen LogP) is -18.9. The summed E-state index contributed by atoms with van der Waals surface area (Å²) < 4.78 is 104. The monoisotopic (exact) mass is 1670 g/mol. The van der Waals surface area contributed by atoms with Crippen molar-refractivity contribution in [2.45, 2.75) is 318 Å². The molecule has 114 heavy (non-hydrogen) atoms. The van der Waals surface area contributed by atoms with E-state index in [1.807, 2.05) is 0 Å². The van der Waals surface area contributed by atoms with Gasteiger partial charge >= 0.3 is 0 Å². The first kappa shape index (κ1) is 93.6. The van der Waals surface area contributed by atoms with Crippen LogP contribution in [-0.2, 0) is 104 Å². The van der Waals surface area contributed by atoms with Crippen LogP contribution in [0.2, 0.25) is 0 Å². The van der Waals surface area contributed by atoms with Gasteiger partial charge < -0.3 is 225 Å². The summed E-state index contributed by atoms with van der Waals surface area (Å²) in [6, 6.07) is -9.44. The van der Waals surface area contributed by atoms with E-state index in [1.54, 1.807) is 0 Å². The first-order valence-electron chi connectivity index (χ1n) is 36.5. The third-order valence-electron chi connectivity index (χ3n) is 20.7. The summed E-state index contributed by atoms with van der Waals surface area (Å²) >= 11 is 0. The van der Waals surface area contributed by atoms with Crippen LogP contribution in [-0.4, -0.2) is 476 Å². The SMILES string of the molecule is CC(=O)N[C@H]1[C@H](O[C@H]2[C@H](O)[C@@H](NC(C)=O)C(O)O[C@@H]2CO[C@H]2O[C@H](C)[C@H](O)[C@H](O)[C@H]2O)O[C@H](CO)[C@@H](O[C@@H]2O[C@H](CO[C@H]3O[C@H](CO)[C@@H](O)[C@H](O)[C@@H]3O[C@@H]3O[C@H](CO)[C@@H](O)[C@H](O)[C@H]3NC(C)=O)[C@@H](O[C@@H]3O[C@H](CO)[C@@H](O)[C@H](O)[C@H]3NC(C)=O)[C@H](O[C@H]3O[C@H](CO)[C@@H](O)[C@H](O)[C@@H]3O[C@@H]3O[C@H](CO)[C@@H](O)[C@H](O)[C@H]3NC(C)=O)[C@@H]2O)[C@@H]1O. The van der Waals surface area contributed by atoms with Crippen LogP contribution in [0.4, 0.5) is 0 Å². The molecule has 50 heteroatoms. The van der Waals surface area contributed by atoms with Crippen molar-refractivity contribution >= 4 is 29.5 Å². The van der Waals surface area contributed by atoms with Gasteiger partial charge in [0, 0.05) is 34.6 Å². The molecule has 9 aliphatic rings. The minimum Gasteiger partial charge on any atom is -0.394 e. The number of nitrogens with one attached hydrogen (secondary N) is 5. The van der Waals surface area contributed by atoms with Crippen LogP contribution in [0.1, 0.15) is 41.5 Å². The molecule has 9 fully saturated rings. The lowest BCUT2D eigenvalue weighted by atomic mass is 9.93. The first-order valence-corrected chi connectivity index (χ1v) is 36.5. The van der Waals surface area contributed by atoms with Gasteiger partial charge in [-0.3, -0.25) is 24.0 Å². The Hall–Kier alpha value is -4.25. The minimum atomic E-state index is -2.70. The van der Waals surface area contributed by atoms with Crippen molar-refractivity contribution in [2.75, 3.05) is 52.9 Å². The molecular formula is C64H107N5O45. The van der Waals surface area contributed by atoms with Gasteiger partial charge in [0.05, 0.1) is 59.0 Å². The Bertz CT molecular complexity index is 3080. The highest BCUT2D eigenvalue weighted by atomic mass is 16.8. The van der Waals surface area contributed by atoms with Gasteiger partial charge in [0.2, 0.25) is 29.5 Å². The van der Waals surface area contributed by atoms with Gasteiger partial charge in [-0.15, -0.1) is 0 Å². The third-order valence-corrected chi connectivity index (χ3v) is 20.7. The van der Waals surface area contributed by atoms with Crippen molar-refractivity contribution in [3.63, 3.8) is 0 Å². The Morgan fingerprint density at radius 2 is 0.535 bits per heavy atom. The zero-order valence-electron chi connectivity index (χ0n) is 61.9. The number of aliphatic hydroxyl groups is 23. The second-order valence-corrected chi connectivity index (χ2v) is 28.9. The summed E-state index contributed by atoms with van der Waals surface area (Å²) in [6.45, 7) is -2.88. The predicted molar refractivity (Wildman–Crippen MR) is 354 cm³/mol. The van der Waals surface area contributed by atoms with E-state index in [4.69, 9.17) is 80.5 Å². The molecule has 0 aromatic carbocycles. The largest absolute Gasteiger partial charge is 0.394 e. The average molecular weight is 1670 g/mol. The van der Waals surface area contributed by atoms with Gasteiger partial charge in [-0.2, -0.15) is 0 Å². The number of hydrogen-bond acceptors (Lipinski definition) is 45. The number of ether oxygens (including phenoxy) is 17. The van der Waals surface area contributed by atoms with Crippen LogP contribution in [0.25, 0.3) is 0 Å². The summed E-state index contributed by atoms with van der Waals surface area (Å²) in [5, 5.41) is 270. The highest BCUT2D eigenvalue weighted by Crippen LogP contribution is 2.41. The van der Waals surface area contributed by atoms with Crippen LogP contribution in [0, 0.1) is 0 Å². The molecule has 9 heterocycles. The van der Waals surface area contributed by atoms with E-state index in [-0.39, 0.29) is 0 Å². The normalized spacial score (nSPS) is 48.2. The molecule has 0 radical (unpaired) electrons. The Morgan fingerprint density at radius 3 is 0.947 bits per heavy atom. The zero-order chi connectivity index (χ0) is 84.1. The van der Waals surface area contributed by atoms with Crippen LogP contribution >= 0.6 is 0 Å². The maximum Gasteiger partial charge on any atom is 0.217 e. The number of carbonyl (C=O) groups excluding carboxylic acids is 5. The minimum absolute atomic E-state index is 0.845. The molecule has 50 nitrogen and oxygen atoms in total. The highest BCUT2D eigenvalue weighted by molar-refractivity contribution is 5.75. The molecule has 0 aromatic heterocycles. The maximum atomic E-state index is 13.3. The standard InChI is InChI=1S/C64H107N5O45/c1-15-34(81)45(92)48(95)61(100-15)98-13-27-51(43(90)29(56(97)101-27)65-16(2)76)109-60-33(69-20(6)80)44(91)50(26(12-75)107-60)110-62-49(96)53(112-64-55(47(94)39(86)25(11-74)106-64)114-59-32(68-19(5)79)42(89)37(84)23(9-72)104-59)52(111-57-30(66-17(3)77)40(87)35(82)21(7-70)102-57)28(108-62)14-99-63-54(46(93)38(85)24(10-73)105-63)113-58-31(67-18(4)78)41(88)36(83)22(8-71)103-58/h15,21-64,70-75,81-97H,7-14H2,1-6H3,(H,65,76)(H,66,77)(H,67,78)(H,68,79)(H,69,80)/t15-,21-,22-,23-,24-,25-,26-,27-,28-,29-,30-,31-,32-,33-,34+,35-,36-,37-,38-,39-,40-,41-,42-,43-,44-,45+,46+,47+,48-,49+,50-,51-,52-,53-,54+,55+,56?,57+,58+,59+,60+,61+,62+,63+,64-/m1/s1. The van der Waals surface area contributed by atoms with Gasteiger partial charge in [-0.05, 0) is 6.92 Å². The lowest BCUT2D eigenvalue weighted by molar-refractivity contribution is -0.407. The molecule has 45 atom stereocenters. The molecule has 0 saturated carbocycles. The Labute approximate surface area is 646 Å². The average Bonchev–Trinajstić information content (AvgIpc) is 0.761. The van der Waals surface area contributed by atoms with E-state index in [9.17, 15) is 141 Å². The van der Waals surface area contributed by atoms with Gasteiger partial charge in [-0.1, -0.05) is 0 Å². The molecule has 0 bridgehead atoms. The summed E-state index contributed by atoms with van der Waals surface area (Å²) in [5.74, 6) is -4.59. The van der Waals surface area contributed by atoms with E-state index >= 15 is 0 Å². The van der Waals surface area contributed by atoms with Crippen molar-refractivity contribution in [3.05, 3.63) is 0 Å². The summed E-state index contributed by atoms with van der Waals surface area (Å²) in [4.78, 5) is 64.1. The van der Waals surface area contributed by atoms with Gasteiger partial charge in [0.15, 0.2) is 56.6 Å². The van der Waals surface area contributed by atoms with Crippen molar-refractivity contribution < 1.29 is 222 Å². The number of rotatable bonds is 29. The number of amides is 5. The molecule has 9 saturated heterocycles. The van der Waals surface area contributed by atoms with E-state index in [0.29, 0.717) is 0 Å². The number of carbonyl (C=O) groups is 5. The van der Waals surface area contributed by atoms with Crippen LogP contribution in [0.3, 0.4) is 0 Å². The maximum absolute atomic E-state index is 13.3. The van der Waals surface area contributed by atoms with Crippen molar-refractivity contribution in [1.29, 1.82) is 0 Å².